The van der Waals surface area contributed by atoms with Crippen LogP contribution in [0.2, 0.25) is 0 Å². The molecule has 1 saturated heterocycles. The Kier molecular flexibility index (Phi) is 5.60. The van der Waals surface area contributed by atoms with E-state index in [1.165, 1.54) is 11.1 Å². The number of rotatable bonds is 5. The molecule has 110 valence electrons. The van der Waals surface area contributed by atoms with E-state index >= 15 is 0 Å². The first-order valence-electron chi connectivity index (χ1n) is 7.75. The van der Waals surface area contributed by atoms with Gasteiger partial charge < -0.3 is 10.2 Å². The van der Waals surface area contributed by atoms with E-state index in [4.69, 9.17) is 0 Å². The Morgan fingerprint density at radius 3 is 2.75 bits per heavy atom. The van der Waals surface area contributed by atoms with Gasteiger partial charge in [0.2, 0.25) is 5.91 Å². The molecule has 0 unspecified atom stereocenters. The lowest BCUT2D eigenvalue weighted by Crippen LogP contribution is -2.44. The average Bonchev–Trinajstić information content (AvgIpc) is 2.46. The fourth-order valence-corrected chi connectivity index (χ4v) is 2.90. The van der Waals surface area contributed by atoms with E-state index in [2.05, 4.69) is 43.4 Å². The second kappa shape index (κ2) is 7.44. The average molecular weight is 274 g/mol. The van der Waals surface area contributed by atoms with Crippen molar-refractivity contribution in [3.8, 4) is 0 Å². The molecule has 1 heterocycles. The van der Waals surface area contributed by atoms with E-state index in [-0.39, 0.29) is 0 Å². The van der Waals surface area contributed by atoms with Crippen molar-refractivity contribution >= 4 is 5.91 Å². The zero-order chi connectivity index (χ0) is 14.4. The van der Waals surface area contributed by atoms with Gasteiger partial charge in [-0.25, -0.2) is 0 Å². The molecule has 3 nitrogen and oxygen atoms in total. The van der Waals surface area contributed by atoms with Gasteiger partial charge >= 0.3 is 0 Å². The Morgan fingerprint density at radius 2 is 2.10 bits per heavy atom. The third-order valence-corrected chi connectivity index (χ3v) is 4.05. The Labute approximate surface area is 122 Å². The number of carbonyl (C=O) groups is 1. The Balaban J connectivity index is 1.76. The monoisotopic (exact) mass is 274 g/mol. The summed E-state index contributed by atoms with van der Waals surface area (Å²) in [6.45, 7) is 7.07. The molecule has 1 aliphatic heterocycles. The maximum atomic E-state index is 12.2. The van der Waals surface area contributed by atoms with Gasteiger partial charge in [0, 0.05) is 25.6 Å². The molecule has 0 atom stereocenters. The molecule has 0 spiro atoms. The summed E-state index contributed by atoms with van der Waals surface area (Å²) in [7, 11) is 0. The third-order valence-electron chi connectivity index (χ3n) is 4.05. The van der Waals surface area contributed by atoms with Crippen molar-refractivity contribution in [2.45, 2.75) is 45.6 Å². The Hall–Kier alpha value is -1.35. The van der Waals surface area contributed by atoms with Crippen LogP contribution in [0, 0.1) is 6.92 Å². The summed E-state index contributed by atoms with van der Waals surface area (Å²) in [4.78, 5) is 14.3. The highest BCUT2D eigenvalue weighted by Gasteiger charge is 2.21. The number of benzene rings is 1. The van der Waals surface area contributed by atoms with E-state index in [0.29, 0.717) is 18.4 Å². The molecule has 1 aromatic carbocycles. The number of aryl methyl sites for hydroxylation is 2. The van der Waals surface area contributed by atoms with Crippen molar-refractivity contribution in [3.63, 3.8) is 0 Å². The number of nitrogens with one attached hydrogen (secondary N) is 1. The first kappa shape index (κ1) is 15.0. The predicted octanol–water partition coefficient (Wildman–Crippen LogP) is 2.53. The molecule has 0 bridgehead atoms. The maximum absolute atomic E-state index is 12.2. The summed E-state index contributed by atoms with van der Waals surface area (Å²) >= 11 is 0. The Morgan fingerprint density at radius 1 is 1.35 bits per heavy atom. The topological polar surface area (TPSA) is 32.3 Å². The molecule has 1 N–H and O–H groups in total. The predicted molar refractivity (Wildman–Crippen MR) is 82.8 cm³/mol. The van der Waals surface area contributed by atoms with Crippen molar-refractivity contribution in [1.29, 1.82) is 0 Å². The van der Waals surface area contributed by atoms with Crippen LogP contribution >= 0.6 is 0 Å². The number of amides is 1. The van der Waals surface area contributed by atoms with Crippen LogP contribution in [0.15, 0.2) is 24.3 Å². The molecule has 3 heteroatoms. The van der Waals surface area contributed by atoms with Gasteiger partial charge in [-0.15, -0.1) is 0 Å². The molecule has 2 rings (SSSR count). The van der Waals surface area contributed by atoms with Crippen LogP contribution in [0.25, 0.3) is 0 Å². The Bertz CT molecular complexity index is 436. The van der Waals surface area contributed by atoms with Crippen LogP contribution in [0.4, 0.5) is 0 Å². The number of carbonyl (C=O) groups excluding carboxylic acids is 1. The fourth-order valence-electron chi connectivity index (χ4n) is 2.90. The molecule has 1 aliphatic rings. The minimum absolute atomic E-state index is 0.307. The maximum Gasteiger partial charge on any atom is 0.222 e. The lowest BCUT2D eigenvalue weighted by molar-refractivity contribution is -0.132. The minimum Gasteiger partial charge on any atom is -0.343 e. The van der Waals surface area contributed by atoms with Gasteiger partial charge in [0.25, 0.3) is 0 Å². The standard InChI is InChI=1S/C17H26N2O/c1-3-18-16-9-11-19(12-10-16)17(20)8-7-15-6-4-5-14(2)13-15/h4-6,13,16,18H,3,7-12H2,1-2H3. The zero-order valence-electron chi connectivity index (χ0n) is 12.7. The van der Waals surface area contributed by atoms with Crippen molar-refractivity contribution < 1.29 is 4.79 Å². The highest BCUT2D eigenvalue weighted by molar-refractivity contribution is 5.76. The minimum atomic E-state index is 0.307. The van der Waals surface area contributed by atoms with E-state index in [9.17, 15) is 4.79 Å². The second-order valence-electron chi connectivity index (χ2n) is 5.70. The van der Waals surface area contributed by atoms with Crippen LogP contribution in [-0.4, -0.2) is 36.5 Å². The summed E-state index contributed by atoms with van der Waals surface area (Å²) in [5.74, 6) is 0.307. The van der Waals surface area contributed by atoms with Crippen molar-refractivity contribution in [1.82, 2.24) is 10.2 Å². The van der Waals surface area contributed by atoms with Gasteiger partial charge in [-0.2, -0.15) is 0 Å². The van der Waals surface area contributed by atoms with Crippen molar-refractivity contribution in [2.75, 3.05) is 19.6 Å². The third kappa shape index (κ3) is 4.34. The van der Waals surface area contributed by atoms with Gasteiger partial charge in [0.15, 0.2) is 0 Å². The molecule has 1 aromatic rings. The van der Waals surface area contributed by atoms with E-state index in [0.717, 1.165) is 38.9 Å². The normalized spacial score (nSPS) is 16.4. The lowest BCUT2D eigenvalue weighted by Gasteiger charge is -2.32. The molecule has 20 heavy (non-hydrogen) atoms. The smallest absolute Gasteiger partial charge is 0.222 e. The van der Waals surface area contributed by atoms with Crippen LogP contribution in [0.5, 0.6) is 0 Å². The summed E-state index contributed by atoms with van der Waals surface area (Å²) < 4.78 is 0. The molecule has 1 fully saturated rings. The van der Waals surface area contributed by atoms with Gasteiger partial charge in [-0.05, 0) is 38.3 Å². The fraction of sp³-hybridized carbons (Fsp3) is 0.588. The SMILES string of the molecule is CCNC1CCN(C(=O)CCc2cccc(C)c2)CC1. The molecular formula is C17H26N2O. The quantitative estimate of drug-likeness (QED) is 0.895. The molecule has 0 radical (unpaired) electrons. The molecule has 0 aromatic heterocycles. The van der Waals surface area contributed by atoms with E-state index in [1.54, 1.807) is 0 Å². The van der Waals surface area contributed by atoms with Gasteiger partial charge in [0.05, 0.1) is 0 Å². The summed E-state index contributed by atoms with van der Waals surface area (Å²) in [5.41, 5.74) is 2.53. The van der Waals surface area contributed by atoms with Crippen molar-refractivity contribution in [2.24, 2.45) is 0 Å². The molecule has 0 saturated carbocycles. The summed E-state index contributed by atoms with van der Waals surface area (Å²) in [6.07, 6.45) is 3.66. The number of hydrogen-bond donors (Lipinski definition) is 1. The number of hydrogen-bond acceptors (Lipinski definition) is 2. The largest absolute Gasteiger partial charge is 0.343 e. The van der Waals surface area contributed by atoms with Crippen molar-refractivity contribution in [3.05, 3.63) is 35.4 Å². The van der Waals surface area contributed by atoms with Gasteiger partial charge in [0.1, 0.15) is 0 Å². The number of likely N-dealkylation sites (tertiary alicyclic amines) is 1. The van der Waals surface area contributed by atoms with Crippen LogP contribution in [0.1, 0.15) is 37.3 Å². The van der Waals surface area contributed by atoms with Crippen LogP contribution in [0.3, 0.4) is 0 Å². The molecule has 1 amide bonds. The first-order chi connectivity index (χ1) is 9.69. The van der Waals surface area contributed by atoms with Gasteiger partial charge in [-0.1, -0.05) is 36.8 Å². The zero-order valence-corrected chi connectivity index (χ0v) is 12.7. The van der Waals surface area contributed by atoms with E-state index in [1.807, 2.05) is 4.90 Å². The number of nitrogens with zero attached hydrogens (tertiary/aromatic N) is 1. The molecular weight excluding hydrogens is 248 g/mol. The first-order valence-corrected chi connectivity index (χ1v) is 7.75. The van der Waals surface area contributed by atoms with Gasteiger partial charge in [-0.3, -0.25) is 4.79 Å². The number of piperidine rings is 1. The highest BCUT2D eigenvalue weighted by atomic mass is 16.2. The second-order valence-corrected chi connectivity index (χ2v) is 5.70. The van der Waals surface area contributed by atoms with E-state index < -0.39 is 0 Å². The lowest BCUT2D eigenvalue weighted by atomic mass is 10.0. The summed E-state index contributed by atoms with van der Waals surface area (Å²) in [6, 6.07) is 9.04. The summed E-state index contributed by atoms with van der Waals surface area (Å²) in [5, 5.41) is 3.47. The highest BCUT2D eigenvalue weighted by Crippen LogP contribution is 2.13. The van der Waals surface area contributed by atoms with Crippen LogP contribution in [-0.2, 0) is 11.2 Å². The molecule has 0 aliphatic carbocycles. The van der Waals surface area contributed by atoms with Crippen LogP contribution < -0.4 is 5.32 Å².